The van der Waals surface area contributed by atoms with E-state index in [1.807, 2.05) is 30.3 Å². The molecule has 4 atom stereocenters. The molecular formula is C20H17N3O2. The lowest BCUT2D eigenvalue weighted by molar-refractivity contribution is -0.0513. The molecule has 0 amide bonds. The van der Waals surface area contributed by atoms with Crippen LogP contribution in [0.3, 0.4) is 0 Å². The summed E-state index contributed by atoms with van der Waals surface area (Å²) in [7, 11) is 0. The summed E-state index contributed by atoms with van der Waals surface area (Å²) < 4.78 is 4.70. The van der Waals surface area contributed by atoms with Crippen LogP contribution in [0.5, 0.6) is 0 Å². The molecule has 25 heavy (non-hydrogen) atoms. The third-order valence-electron chi connectivity index (χ3n) is 6.70. The van der Waals surface area contributed by atoms with Crippen LogP contribution in [0.4, 0.5) is 0 Å². The number of nitrogens with zero attached hydrogens (tertiary/aromatic N) is 3. The number of hydrogen-bond acceptors (Lipinski definition) is 2. The maximum Gasteiger partial charge on any atom is 0.352 e. The van der Waals surface area contributed by atoms with Gasteiger partial charge in [-0.1, -0.05) is 54.7 Å². The van der Waals surface area contributed by atoms with Crippen molar-refractivity contribution in [2.24, 2.45) is 10.8 Å². The van der Waals surface area contributed by atoms with E-state index in [0.29, 0.717) is 5.69 Å². The normalized spacial score (nSPS) is 35.8. The van der Waals surface area contributed by atoms with Gasteiger partial charge in [0.15, 0.2) is 0 Å². The Labute approximate surface area is 143 Å². The summed E-state index contributed by atoms with van der Waals surface area (Å²) in [6.45, 7) is 0. The molecule has 3 heterocycles. The first-order chi connectivity index (χ1) is 12.2. The monoisotopic (exact) mass is 331 g/mol. The number of aromatic nitrogens is 3. The molecule has 0 fully saturated rings. The molecule has 1 aromatic heterocycles. The minimum absolute atomic E-state index is 0.0691. The maximum atomic E-state index is 13.2. The topological polar surface area (TPSA) is 48.9 Å². The molecule has 0 saturated heterocycles. The average Bonchev–Trinajstić information content (AvgIpc) is 2.90. The van der Waals surface area contributed by atoms with Gasteiger partial charge in [0, 0.05) is 10.8 Å². The lowest BCUT2D eigenvalue weighted by atomic mass is 9.43. The van der Waals surface area contributed by atoms with Gasteiger partial charge in [0.2, 0.25) is 0 Å². The summed E-state index contributed by atoms with van der Waals surface area (Å²) in [5.41, 5.74) is 0.00473. The van der Waals surface area contributed by atoms with Crippen LogP contribution >= 0.6 is 0 Å². The van der Waals surface area contributed by atoms with E-state index < -0.39 is 0 Å². The molecule has 2 aliphatic heterocycles. The van der Waals surface area contributed by atoms with Crippen LogP contribution in [0.1, 0.15) is 24.9 Å². The highest BCUT2D eigenvalue weighted by Crippen LogP contribution is 2.71. The zero-order chi connectivity index (χ0) is 16.8. The van der Waals surface area contributed by atoms with Crippen LogP contribution in [-0.4, -0.2) is 13.9 Å². The second-order valence-electron chi connectivity index (χ2n) is 7.49. The van der Waals surface area contributed by atoms with E-state index in [1.54, 1.807) is 9.36 Å². The average molecular weight is 331 g/mol. The molecule has 124 valence electrons. The first kappa shape index (κ1) is 13.5. The molecule has 0 radical (unpaired) electrons. The predicted octanol–water partition coefficient (Wildman–Crippen LogP) is 2.36. The van der Waals surface area contributed by atoms with E-state index >= 15 is 0 Å². The largest absolute Gasteiger partial charge is 0.352 e. The van der Waals surface area contributed by atoms with E-state index in [9.17, 15) is 9.59 Å². The Bertz CT molecular complexity index is 1050. The van der Waals surface area contributed by atoms with Gasteiger partial charge in [-0.3, -0.25) is 0 Å². The van der Waals surface area contributed by atoms with E-state index in [-0.39, 0.29) is 34.3 Å². The molecule has 0 N–H and O–H groups in total. The van der Waals surface area contributed by atoms with Crippen molar-refractivity contribution in [2.45, 2.75) is 24.9 Å². The Balaban J connectivity index is 1.68. The molecule has 2 bridgehead atoms. The fourth-order valence-electron chi connectivity index (χ4n) is 5.50. The molecule has 0 unspecified atom stereocenters. The van der Waals surface area contributed by atoms with Crippen molar-refractivity contribution in [3.63, 3.8) is 0 Å². The molecule has 7 rings (SSSR count). The molecule has 0 saturated carbocycles. The van der Waals surface area contributed by atoms with E-state index in [0.717, 1.165) is 12.8 Å². The van der Waals surface area contributed by atoms with Gasteiger partial charge in [0.1, 0.15) is 0 Å². The molecule has 0 spiro atoms. The number of para-hydroxylation sites is 1. The summed E-state index contributed by atoms with van der Waals surface area (Å²) >= 11 is 0. The summed E-state index contributed by atoms with van der Waals surface area (Å²) in [6.07, 6.45) is 15.1. The number of hydrogen-bond donors (Lipinski definition) is 0. The van der Waals surface area contributed by atoms with Crippen molar-refractivity contribution in [2.75, 3.05) is 0 Å². The molecule has 5 aliphatic rings. The van der Waals surface area contributed by atoms with Gasteiger partial charge in [0.25, 0.3) is 0 Å². The Kier molecular flexibility index (Phi) is 2.18. The molecule has 1 aromatic carbocycles. The van der Waals surface area contributed by atoms with Crippen molar-refractivity contribution in [3.05, 3.63) is 87.8 Å². The Morgan fingerprint density at radius 3 is 1.80 bits per heavy atom. The van der Waals surface area contributed by atoms with Crippen molar-refractivity contribution in [1.82, 2.24) is 13.9 Å². The van der Waals surface area contributed by atoms with Gasteiger partial charge in [0.05, 0.1) is 17.8 Å². The third-order valence-corrected chi connectivity index (χ3v) is 6.70. The van der Waals surface area contributed by atoms with Crippen LogP contribution in [-0.2, 0) is 0 Å². The zero-order valence-corrected chi connectivity index (χ0v) is 13.6. The van der Waals surface area contributed by atoms with Crippen LogP contribution in [0.15, 0.2) is 76.4 Å². The minimum Gasteiger partial charge on any atom is -0.245 e. The molecule has 3 aliphatic carbocycles. The standard InChI is InChI=1S/C20H17N3O2/c24-17-21(14-6-2-1-3-7-14)18(25)23-16-9-8-15(22(17)23)19-10-4-5-11-20(16,19)13-12-19/h1-9,12-13,15-16H,10-11H2/t15-,16-,19-,20+/m1/s1. The molecule has 5 heteroatoms. The molecule has 5 nitrogen and oxygen atoms in total. The Morgan fingerprint density at radius 1 is 0.800 bits per heavy atom. The summed E-state index contributed by atoms with van der Waals surface area (Å²) in [6, 6.07) is 9.00. The number of benzene rings is 1. The summed E-state index contributed by atoms with van der Waals surface area (Å²) in [5.74, 6) is 0. The predicted molar refractivity (Wildman–Crippen MR) is 93.9 cm³/mol. The Morgan fingerprint density at radius 2 is 1.32 bits per heavy atom. The fraction of sp³-hybridized carbons (Fsp3) is 0.300. The lowest BCUT2D eigenvalue weighted by Crippen LogP contribution is -2.64. The fourth-order valence-corrected chi connectivity index (χ4v) is 5.50. The second kappa shape index (κ2) is 4.04. The van der Waals surface area contributed by atoms with Crippen molar-refractivity contribution >= 4 is 0 Å². The van der Waals surface area contributed by atoms with Gasteiger partial charge >= 0.3 is 11.4 Å². The molecule has 2 aromatic rings. The van der Waals surface area contributed by atoms with Crippen molar-refractivity contribution < 1.29 is 0 Å². The Hall–Kier alpha value is -2.82. The third kappa shape index (κ3) is 1.24. The summed E-state index contributed by atoms with van der Waals surface area (Å²) in [5, 5.41) is 0. The molecular weight excluding hydrogens is 314 g/mol. The highest BCUT2D eigenvalue weighted by molar-refractivity contribution is 5.43. The van der Waals surface area contributed by atoms with E-state index in [2.05, 4.69) is 36.5 Å². The first-order valence-corrected chi connectivity index (χ1v) is 8.75. The highest BCUT2D eigenvalue weighted by atomic mass is 16.2. The summed E-state index contributed by atoms with van der Waals surface area (Å²) in [4.78, 5) is 26.4. The van der Waals surface area contributed by atoms with Crippen LogP contribution in [0.2, 0.25) is 0 Å². The quantitative estimate of drug-likeness (QED) is 0.753. The number of allylic oxidation sites excluding steroid dienone is 6. The highest BCUT2D eigenvalue weighted by Gasteiger charge is 2.67. The second-order valence-corrected chi connectivity index (χ2v) is 7.49. The minimum atomic E-state index is -0.242. The van der Waals surface area contributed by atoms with E-state index in [1.165, 1.54) is 4.57 Å². The smallest absolute Gasteiger partial charge is 0.245 e. The van der Waals surface area contributed by atoms with Gasteiger partial charge < -0.3 is 0 Å². The number of rotatable bonds is 1. The van der Waals surface area contributed by atoms with Gasteiger partial charge in [-0.15, -0.1) is 0 Å². The first-order valence-electron chi connectivity index (χ1n) is 8.75. The lowest BCUT2D eigenvalue weighted by Gasteiger charge is -2.65. The van der Waals surface area contributed by atoms with Crippen LogP contribution in [0, 0.1) is 10.8 Å². The van der Waals surface area contributed by atoms with Gasteiger partial charge in [-0.25, -0.2) is 23.5 Å². The van der Waals surface area contributed by atoms with Gasteiger partial charge in [-0.2, -0.15) is 0 Å². The van der Waals surface area contributed by atoms with Crippen LogP contribution in [0.25, 0.3) is 5.69 Å². The van der Waals surface area contributed by atoms with Crippen molar-refractivity contribution in [3.8, 4) is 5.69 Å². The van der Waals surface area contributed by atoms with Crippen molar-refractivity contribution in [1.29, 1.82) is 0 Å². The maximum absolute atomic E-state index is 13.2. The van der Waals surface area contributed by atoms with Gasteiger partial charge in [-0.05, 0) is 25.0 Å². The SMILES string of the molecule is O=c1n(-c2ccccc2)c(=O)n2n1[C@@H]1C=C[C@@H]2[C@]23C=C[C@]12CC=CC3. The zero-order valence-electron chi connectivity index (χ0n) is 13.6. The van der Waals surface area contributed by atoms with Crippen LogP contribution < -0.4 is 11.4 Å². The van der Waals surface area contributed by atoms with E-state index in [4.69, 9.17) is 0 Å².